The Labute approximate surface area is 137 Å². The van der Waals surface area contributed by atoms with Crippen molar-refractivity contribution in [1.82, 2.24) is 15.5 Å². The molecular formula is C16H15N3O3S. The Bertz CT molecular complexity index is 756. The average molecular weight is 329 g/mol. The number of thioether (sulfide) groups is 1. The number of amides is 1. The predicted octanol–water partition coefficient (Wildman–Crippen LogP) is 3.30. The lowest BCUT2D eigenvalue weighted by molar-refractivity contribution is -0.119. The maximum absolute atomic E-state index is 12.0. The van der Waals surface area contributed by atoms with Crippen LogP contribution in [0.5, 0.6) is 0 Å². The molecule has 2 aromatic heterocycles. The number of aromatic nitrogens is 2. The number of carbonyl (C=O) groups excluding carboxylic acids is 1. The summed E-state index contributed by atoms with van der Waals surface area (Å²) in [7, 11) is 0. The van der Waals surface area contributed by atoms with Crippen molar-refractivity contribution in [2.75, 3.05) is 5.75 Å². The molecule has 23 heavy (non-hydrogen) atoms. The molecule has 0 fully saturated rings. The molecule has 1 amide bonds. The van der Waals surface area contributed by atoms with Crippen LogP contribution in [0, 0.1) is 0 Å². The first kappa shape index (κ1) is 15.4. The summed E-state index contributed by atoms with van der Waals surface area (Å²) in [6, 6.07) is 13.2. The van der Waals surface area contributed by atoms with Crippen LogP contribution in [0.1, 0.15) is 18.5 Å². The Morgan fingerprint density at radius 1 is 1.22 bits per heavy atom. The second kappa shape index (κ2) is 7.15. The second-order valence-corrected chi connectivity index (χ2v) is 5.77. The molecule has 0 aliphatic heterocycles. The molecule has 1 atom stereocenters. The first-order valence-corrected chi connectivity index (χ1v) is 8.05. The molecule has 0 saturated carbocycles. The molecule has 0 unspecified atom stereocenters. The van der Waals surface area contributed by atoms with Gasteiger partial charge in [0.1, 0.15) is 0 Å². The third kappa shape index (κ3) is 4.01. The van der Waals surface area contributed by atoms with E-state index in [4.69, 9.17) is 8.83 Å². The summed E-state index contributed by atoms with van der Waals surface area (Å²) in [5.41, 5.74) is 1.06. The van der Waals surface area contributed by atoms with Gasteiger partial charge in [-0.1, -0.05) is 42.1 Å². The lowest BCUT2D eigenvalue weighted by Gasteiger charge is -2.13. The van der Waals surface area contributed by atoms with E-state index in [1.54, 1.807) is 12.1 Å². The zero-order valence-electron chi connectivity index (χ0n) is 12.4. The molecule has 0 radical (unpaired) electrons. The minimum absolute atomic E-state index is 0.0503. The number of furan rings is 1. The highest BCUT2D eigenvalue weighted by molar-refractivity contribution is 7.99. The van der Waals surface area contributed by atoms with Crippen molar-refractivity contribution in [3.8, 4) is 11.7 Å². The quantitative estimate of drug-likeness (QED) is 0.699. The molecule has 2 heterocycles. The summed E-state index contributed by atoms with van der Waals surface area (Å²) >= 11 is 1.19. The predicted molar refractivity (Wildman–Crippen MR) is 85.7 cm³/mol. The van der Waals surface area contributed by atoms with Crippen LogP contribution in [0.15, 0.2) is 62.8 Å². The van der Waals surface area contributed by atoms with Gasteiger partial charge in [0.2, 0.25) is 5.91 Å². The molecule has 0 saturated heterocycles. The molecule has 118 valence electrons. The third-order valence-electron chi connectivity index (χ3n) is 3.14. The van der Waals surface area contributed by atoms with Crippen LogP contribution in [-0.4, -0.2) is 21.9 Å². The van der Waals surface area contributed by atoms with Crippen LogP contribution in [0.3, 0.4) is 0 Å². The smallest absolute Gasteiger partial charge is 0.284 e. The summed E-state index contributed by atoms with van der Waals surface area (Å²) < 4.78 is 10.6. The van der Waals surface area contributed by atoms with E-state index in [0.29, 0.717) is 16.9 Å². The van der Waals surface area contributed by atoms with E-state index in [2.05, 4.69) is 15.5 Å². The van der Waals surface area contributed by atoms with E-state index in [0.717, 1.165) is 5.56 Å². The van der Waals surface area contributed by atoms with Gasteiger partial charge in [-0.2, -0.15) is 0 Å². The van der Waals surface area contributed by atoms with Crippen molar-refractivity contribution in [2.24, 2.45) is 0 Å². The maximum atomic E-state index is 12.0. The van der Waals surface area contributed by atoms with E-state index in [9.17, 15) is 4.79 Å². The fraction of sp³-hybridized carbons (Fsp3) is 0.188. The minimum atomic E-state index is -0.0934. The van der Waals surface area contributed by atoms with E-state index >= 15 is 0 Å². The molecule has 1 aromatic carbocycles. The first-order valence-electron chi connectivity index (χ1n) is 7.07. The van der Waals surface area contributed by atoms with Crippen molar-refractivity contribution in [3.05, 3.63) is 54.3 Å². The molecule has 3 rings (SSSR count). The average Bonchev–Trinajstić information content (AvgIpc) is 3.25. The molecular weight excluding hydrogens is 314 g/mol. The van der Waals surface area contributed by atoms with Crippen molar-refractivity contribution in [1.29, 1.82) is 0 Å². The van der Waals surface area contributed by atoms with Gasteiger partial charge in [0.15, 0.2) is 5.76 Å². The number of carbonyl (C=O) groups is 1. The lowest BCUT2D eigenvalue weighted by Crippen LogP contribution is -2.28. The van der Waals surface area contributed by atoms with E-state index in [1.807, 2.05) is 37.3 Å². The zero-order valence-corrected chi connectivity index (χ0v) is 13.2. The van der Waals surface area contributed by atoms with Gasteiger partial charge < -0.3 is 14.2 Å². The fourth-order valence-corrected chi connectivity index (χ4v) is 2.58. The van der Waals surface area contributed by atoms with Gasteiger partial charge in [-0.05, 0) is 24.6 Å². The van der Waals surface area contributed by atoms with Gasteiger partial charge >= 0.3 is 0 Å². The Morgan fingerprint density at radius 3 is 2.78 bits per heavy atom. The molecule has 3 aromatic rings. The SMILES string of the molecule is C[C@@H](NC(=O)CSc1nnc(-c2ccco2)o1)c1ccccc1. The maximum Gasteiger partial charge on any atom is 0.284 e. The Morgan fingerprint density at radius 2 is 2.04 bits per heavy atom. The van der Waals surface area contributed by atoms with E-state index in [-0.39, 0.29) is 17.7 Å². The minimum Gasteiger partial charge on any atom is -0.459 e. The van der Waals surface area contributed by atoms with Crippen LogP contribution in [0.25, 0.3) is 11.7 Å². The highest BCUT2D eigenvalue weighted by Crippen LogP contribution is 2.23. The Kier molecular flexibility index (Phi) is 4.77. The number of nitrogens with zero attached hydrogens (tertiary/aromatic N) is 2. The van der Waals surface area contributed by atoms with Crippen LogP contribution in [-0.2, 0) is 4.79 Å². The van der Waals surface area contributed by atoms with Gasteiger partial charge in [0.05, 0.1) is 18.1 Å². The number of hydrogen-bond donors (Lipinski definition) is 1. The Hall–Kier alpha value is -2.54. The van der Waals surface area contributed by atoms with Gasteiger partial charge in [0, 0.05) is 0 Å². The number of rotatable bonds is 6. The topological polar surface area (TPSA) is 81.2 Å². The monoisotopic (exact) mass is 329 g/mol. The van der Waals surface area contributed by atoms with E-state index in [1.165, 1.54) is 18.0 Å². The molecule has 0 bridgehead atoms. The zero-order chi connectivity index (χ0) is 16.1. The molecule has 7 heteroatoms. The molecule has 6 nitrogen and oxygen atoms in total. The van der Waals surface area contributed by atoms with E-state index < -0.39 is 0 Å². The summed E-state index contributed by atoms with van der Waals surface area (Å²) in [5.74, 6) is 0.919. The van der Waals surface area contributed by atoms with Gasteiger partial charge in [-0.3, -0.25) is 4.79 Å². The number of benzene rings is 1. The number of hydrogen-bond acceptors (Lipinski definition) is 6. The normalized spacial score (nSPS) is 12.0. The van der Waals surface area contributed by atoms with Gasteiger partial charge in [0.25, 0.3) is 11.1 Å². The lowest BCUT2D eigenvalue weighted by atomic mass is 10.1. The van der Waals surface area contributed by atoms with Crippen LogP contribution < -0.4 is 5.32 Å². The molecule has 1 N–H and O–H groups in total. The van der Waals surface area contributed by atoms with Gasteiger partial charge in [-0.25, -0.2) is 0 Å². The fourth-order valence-electron chi connectivity index (χ4n) is 2.00. The van der Waals surface area contributed by atoms with Crippen molar-refractivity contribution >= 4 is 17.7 Å². The van der Waals surface area contributed by atoms with Gasteiger partial charge in [-0.15, -0.1) is 10.2 Å². The first-order chi connectivity index (χ1) is 11.2. The largest absolute Gasteiger partial charge is 0.459 e. The summed E-state index contributed by atoms with van der Waals surface area (Å²) in [6.07, 6.45) is 1.53. The van der Waals surface area contributed by atoms with Crippen LogP contribution in [0.2, 0.25) is 0 Å². The van der Waals surface area contributed by atoms with Crippen molar-refractivity contribution < 1.29 is 13.6 Å². The summed E-state index contributed by atoms with van der Waals surface area (Å²) in [5, 5.41) is 11.0. The van der Waals surface area contributed by atoms with Crippen molar-refractivity contribution in [3.63, 3.8) is 0 Å². The molecule has 0 aliphatic carbocycles. The summed E-state index contributed by atoms with van der Waals surface area (Å²) in [4.78, 5) is 12.0. The second-order valence-electron chi connectivity index (χ2n) is 4.84. The van der Waals surface area contributed by atoms with Crippen LogP contribution in [0.4, 0.5) is 0 Å². The van der Waals surface area contributed by atoms with Crippen molar-refractivity contribution in [2.45, 2.75) is 18.2 Å². The Balaban J connectivity index is 1.51. The highest BCUT2D eigenvalue weighted by atomic mass is 32.2. The third-order valence-corrected chi connectivity index (χ3v) is 3.96. The standard InChI is InChI=1S/C16H15N3O3S/c1-11(12-6-3-2-4-7-12)17-14(20)10-23-16-19-18-15(22-16)13-8-5-9-21-13/h2-9,11H,10H2,1H3,(H,17,20)/t11-/m1/s1. The van der Waals surface area contributed by atoms with Crippen LogP contribution >= 0.6 is 11.8 Å². The molecule has 0 spiro atoms. The number of nitrogens with one attached hydrogen (secondary N) is 1. The highest BCUT2D eigenvalue weighted by Gasteiger charge is 2.14. The molecule has 0 aliphatic rings. The summed E-state index contributed by atoms with van der Waals surface area (Å²) in [6.45, 7) is 1.94.